The Morgan fingerprint density at radius 3 is 2.56 bits per heavy atom. The summed E-state index contributed by atoms with van der Waals surface area (Å²) in [4.78, 5) is 23.8. The molecule has 2 atom stereocenters. The zero-order valence-electron chi connectivity index (χ0n) is 10.2. The predicted octanol–water partition coefficient (Wildman–Crippen LogP) is 0.960. The third-order valence-corrected chi connectivity index (χ3v) is 3.78. The van der Waals surface area contributed by atoms with E-state index in [1.807, 2.05) is 0 Å². The van der Waals surface area contributed by atoms with Gasteiger partial charge in [-0.05, 0) is 31.6 Å². The Balaban J connectivity index is 2.23. The maximum absolute atomic E-state index is 12.1. The first kappa shape index (κ1) is 11.4. The smallest absolute Gasteiger partial charge is 0.246 e. The summed E-state index contributed by atoms with van der Waals surface area (Å²) >= 11 is 0. The molecule has 2 fully saturated rings. The van der Waals surface area contributed by atoms with Crippen LogP contribution in [0.1, 0.15) is 46.5 Å². The van der Waals surface area contributed by atoms with Crippen molar-refractivity contribution in [2.75, 3.05) is 0 Å². The van der Waals surface area contributed by atoms with Gasteiger partial charge in [0.1, 0.15) is 11.6 Å². The Bertz CT molecular complexity index is 338. The van der Waals surface area contributed by atoms with Crippen molar-refractivity contribution in [3.63, 3.8) is 0 Å². The van der Waals surface area contributed by atoms with E-state index in [-0.39, 0.29) is 17.2 Å². The standard InChI is InChI=1S/C12H20N2O2/c1-8-9(15)14-12(10(16)13-8)6-4-5-11(2,3)7-12/h8H,4-7H2,1-3H3,(H,13,16)(H,14,15). The summed E-state index contributed by atoms with van der Waals surface area (Å²) in [5.41, 5.74) is -0.519. The first-order valence-electron chi connectivity index (χ1n) is 5.98. The lowest BCUT2D eigenvalue weighted by Crippen LogP contribution is -2.70. The van der Waals surface area contributed by atoms with E-state index in [0.717, 1.165) is 25.7 Å². The van der Waals surface area contributed by atoms with Gasteiger partial charge in [-0.15, -0.1) is 0 Å². The van der Waals surface area contributed by atoms with Crippen LogP contribution in [0.4, 0.5) is 0 Å². The molecule has 4 nitrogen and oxygen atoms in total. The predicted molar refractivity (Wildman–Crippen MR) is 60.7 cm³/mol. The molecule has 2 rings (SSSR count). The van der Waals surface area contributed by atoms with Crippen molar-refractivity contribution in [2.45, 2.75) is 58.0 Å². The molecule has 4 heteroatoms. The SMILES string of the molecule is CC1NC(=O)C2(CCCC(C)(C)C2)NC1=O. The highest BCUT2D eigenvalue weighted by atomic mass is 16.2. The Morgan fingerprint density at radius 2 is 1.94 bits per heavy atom. The summed E-state index contributed by atoms with van der Waals surface area (Å²) in [6, 6.07) is -0.400. The van der Waals surface area contributed by atoms with Crippen LogP contribution in [0.25, 0.3) is 0 Å². The minimum Gasteiger partial charge on any atom is -0.343 e. The second-order valence-electron chi connectivity index (χ2n) is 5.96. The minimum absolute atomic E-state index is 0.00706. The Labute approximate surface area is 96.2 Å². The highest BCUT2D eigenvalue weighted by Gasteiger charge is 2.49. The van der Waals surface area contributed by atoms with Crippen LogP contribution in [-0.2, 0) is 9.59 Å². The third-order valence-electron chi connectivity index (χ3n) is 3.78. The monoisotopic (exact) mass is 224 g/mol. The Morgan fingerprint density at radius 1 is 1.25 bits per heavy atom. The molecule has 0 radical (unpaired) electrons. The second-order valence-corrected chi connectivity index (χ2v) is 5.96. The Kier molecular flexibility index (Phi) is 2.48. The Hall–Kier alpha value is -1.06. The zero-order valence-corrected chi connectivity index (χ0v) is 10.2. The lowest BCUT2D eigenvalue weighted by Gasteiger charge is -2.47. The molecule has 0 bridgehead atoms. The lowest BCUT2D eigenvalue weighted by atomic mass is 9.67. The number of nitrogens with one attached hydrogen (secondary N) is 2. The van der Waals surface area contributed by atoms with Crippen LogP contribution >= 0.6 is 0 Å². The molecule has 0 aromatic rings. The van der Waals surface area contributed by atoms with Gasteiger partial charge in [0, 0.05) is 0 Å². The van der Waals surface area contributed by atoms with E-state index >= 15 is 0 Å². The number of carbonyl (C=O) groups is 2. The van der Waals surface area contributed by atoms with Gasteiger partial charge < -0.3 is 10.6 Å². The van der Waals surface area contributed by atoms with Gasteiger partial charge in [-0.1, -0.05) is 20.3 Å². The number of hydrogen-bond donors (Lipinski definition) is 2. The van der Waals surface area contributed by atoms with Crippen LogP contribution in [0.5, 0.6) is 0 Å². The average Bonchev–Trinajstić information content (AvgIpc) is 2.13. The van der Waals surface area contributed by atoms with Crippen molar-refractivity contribution >= 4 is 11.8 Å². The first-order valence-corrected chi connectivity index (χ1v) is 5.98. The maximum Gasteiger partial charge on any atom is 0.246 e. The van der Waals surface area contributed by atoms with E-state index in [1.165, 1.54) is 0 Å². The van der Waals surface area contributed by atoms with E-state index in [0.29, 0.717) is 0 Å². The highest BCUT2D eigenvalue weighted by molar-refractivity contribution is 5.99. The molecule has 0 aromatic heterocycles. The van der Waals surface area contributed by atoms with Gasteiger partial charge >= 0.3 is 0 Å². The van der Waals surface area contributed by atoms with Gasteiger partial charge in [0.15, 0.2) is 0 Å². The molecule has 1 saturated carbocycles. The molecule has 16 heavy (non-hydrogen) atoms. The van der Waals surface area contributed by atoms with Crippen molar-refractivity contribution in [1.29, 1.82) is 0 Å². The number of amides is 2. The van der Waals surface area contributed by atoms with Crippen molar-refractivity contribution in [1.82, 2.24) is 10.6 Å². The molecule has 0 aromatic carbocycles. The molecule has 2 amide bonds. The molecule has 90 valence electrons. The summed E-state index contributed by atoms with van der Waals surface area (Å²) in [5, 5.41) is 5.71. The molecule has 1 heterocycles. The summed E-state index contributed by atoms with van der Waals surface area (Å²) in [6.45, 7) is 6.03. The van der Waals surface area contributed by atoms with Gasteiger partial charge in [-0.25, -0.2) is 0 Å². The van der Waals surface area contributed by atoms with Gasteiger partial charge in [-0.2, -0.15) is 0 Å². The molecule has 1 aliphatic heterocycles. The van der Waals surface area contributed by atoms with E-state index in [2.05, 4.69) is 24.5 Å². The zero-order chi connectivity index (χ0) is 12.0. The fourth-order valence-corrected chi connectivity index (χ4v) is 2.96. The van der Waals surface area contributed by atoms with Crippen LogP contribution < -0.4 is 10.6 Å². The van der Waals surface area contributed by atoms with Crippen molar-refractivity contribution < 1.29 is 9.59 Å². The number of rotatable bonds is 0. The molecule has 2 unspecified atom stereocenters. The molecule has 1 aliphatic carbocycles. The van der Waals surface area contributed by atoms with E-state index in [4.69, 9.17) is 0 Å². The molecule has 2 N–H and O–H groups in total. The summed E-state index contributed by atoms with van der Waals surface area (Å²) < 4.78 is 0. The third kappa shape index (κ3) is 1.81. The fraction of sp³-hybridized carbons (Fsp3) is 0.833. The van der Waals surface area contributed by atoms with E-state index in [9.17, 15) is 9.59 Å². The number of hydrogen-bond acceptors (Lipinski definition) is 2. The van der Waals surface area contributed by atoms with Crippen LogP contribution in [0.3, 0.4) is 0 Å². The number of piperazine rings is 1. The molecular weight excluding hydrogens is 204 g/mol. The van der Waals surface area contributed by atoms with E-state index < -0.39 is 11.6 Å². The quantitative estimate of drug-likeness (QED) is 0.644. The summed E-state index contributed by atoms with van der Waals surface area (Å²) in [6.07, 6.45) is 3.62. The summed E-state index contributed by atoms with van der Waals surface area (Å²) in [5.74, 6) is -0.0651. The molecular formula is C12H20N2O2. The normalized spacial score (nSPS) is 38.1. The van der Waals surface area contributed by atoms with Gasteiger partial charge in [0.2, 0.25) is 11.8 Å². The van der Waals surface area contributed by atoms with Crippen molar-refractivity contribution in [3.05, 3.63) is 0 Å². The number of carbonyl (C=O) groups excluding carboxylic acids is 2. The van der Waals surface area contributed by atoms with Crippen LogP contribution in [0.2, 0.25) is 0 Å². The van der Waals surface area contributed by atoms with Crippen LogP contribution in [0, 0.1) is 5.41 Å². The van der Waals surface area contributed by atoms with Crippen LogP contribution in [-0.4, -0.2) is 23.4 Å². The maximum atomic E-state index is 12.1. The van der Waals surface area contributed by atoms with Gasteiger partial charge in [0.05, 0.1) is 0 Å². The van der Waals surface area contributed by atoms with Gasteiger partial charge in [-0.3, -0.25) is 9.59 Å². The molecule has 2 aliphatic rings. The van der Waals surface area contributed by atoms with Crippen molar-refractivity contribution in [3.8, 4) is 0 Å². The average molecular weight is 224 g/mol. The highest BCUT2D eigenvalue weighted by Crippen LogP contribution is 2.41. The van der Waals surface area contributed by atoms with Crippen LogP contribution in [0.15, 0.2) is 0 Å². The first-order chi connectivity index (χ1) is 7.35. The van der Waals surface area contributed by atoms with Gasteiger partial charge in [0.25, 0.3) is 0 Å². The lowest BCUT2D eigenvalue weighted by molar-refractivity contribution is -0.144. The second kappa shape index (κ2) is 3.47. The molecule has 1 saturated heterocycles. The topological polar surface area (TPSA) is 58.2 Å². The fourth-order valence-electron chi connectivity index (χ4n) is 2.96. The largest absolute Gasteiger partial charge is 0.343 e. The van der Waals surface area contributed by atoms with Crippen molar-refractivity contribution in [2.24, 2.45) is 5.41 Å². The van der Waals surface area contributed by atoms with E-state index in [1.54, 1.807) is 6.92 Å². The minimum atomic E-state index is -0.647. The summed E-state index contributed by atoms with van der Waals surface area (Å²) in [7, 11) is 0. The molecule has 1 spiro atoms.